The summed E-state index contributed by atoms with van der Waals surface area (Å²) < 4.78 is 18.4. The molecule has 2 unspecified atom stereocenters. The van der Waals surface area contributed by atoms with Crippen LogP contribution in [0.4, 0.5) is 4.39 Å². The predicted molar refractivity (Wildman–Crippen MR) is 84.9 cm³/mol. The molecule has 0 saturated carbocycles. The fourth-order valence-electron chi connectivity index (χ4n) is 2.48. The maximum atomic E-state index is 13.1. The molecule has 2 rings (SSSR count). The summed E-state index contributed by atoms with van der Waals surface area (Å²) in [6, 6.07) is 6.42. The minimum Gasteiger partial charge on any atom is -0.379 e. The highest BCUT2D eigenvalue weighted by atomic mass is 19.1. The standard InChI is InChI=1S/C17H23FN2O2/c1-13(14(2)20-8-10-22-11-9-20)19-17(21)7-6-15-4-3-5-16(18)12-15/h3-7,12-14H,8-11H2,1-2H3,(H,19,21)/b7-6+. The second kappa shape index (κ2) is 8.06. The van der Waals surface area contributed by atoms with E-state index in [0.717, 1.165) is 26.3 Å². The summed E-state index contributed by atoms with van der Waals surface area (Å²) in [4.78, 5) is 14.3. The van der Waals surface area contributed by atoms with Crippen molar-refractivity contribution in [2.45, 2.75) is 25.9 Å². The number of hydrogen-bond donors (Lipinski definition) is 1. The van der Waals surface area contributed by atoms with Crippen LogP contribution in [0.2, 0.25) is 0 Å². The van der Waals surface area contributed by atoms with Gasteiger partial charge in [-0.1, -0.05) is 12.1 Å². The zero-order chi connectivity index (χ0) is 15.9. The zero-order valence-electron chi connectivity index (χ0n) is 13.1. The van der Waals surface area contributed by atoms with Crippen LogP contribution in [0.25, 0.3) is 6.08 Å². The number of ether oxygens (including phenoxy) is 1. The average molecular weight is 306 g/mol. The molecule has 2 atom stereocenters. The van der Waals surface area contributed by atoms with E-state index in [-0.39, 0.29) is 23.8 Å². The van der Waals surface area contributed by atoms with Crippen molar-refractivity contribution in [1.29, 1.82) is 0 Å². The summed E-state index contributed by atoms with van der Waals surface area (Å²) in [7, 11) is 0. The van der Waals surface area contributed by atoms with Crippen LogP contribution in [0.1, 0.15) is 19.4 Å². The van der Waals surface area contributed by atoms with Crippen molar-refractivity contribution in [3.63, 3.8) is 0 Å². The van der Waals surface area contributed by atoms with E-state index in [0.29, 0.717) is 5.56 Å². The van der Waals surface area contributed by atoms with Gasteiger partial charge >= 0.3 is 0 Å². The number of carbonyl (C=O) groups excluding carboxylic acids is 1. The van der Waals surface area contributed by atoms with Crippen LogP contribution in [0, 0.1) is 5.82 Å². The minimum absolute atomic E-state index is 0.0303. The van der Waals surface area contributed by atoms with Gasteiger partial charge in [-0.2, -0.15) is 0 Å². The van der Waals surface area contributed by atoms with Gasteiger partial charge in [0.2, 0.25) is 5.91 Å². The van der Waals surface area contributed by atoms with Gasteiger partial charge in [0.1, 0.15) is 5.82 Å². The van der Waals surface area contributed by atoms with Gasteiger partial charge in [-0.3, -0.25) is 9.69 Å². The number of morpholine rings is 1. The molecule has 4 nitrogen and oxygen atoms in total. The normalized spacial score (nSPS) is 19.0. The first kappa shape index (κ1) is 16.6. The Morgan fingerprint density at radius 1 is 1.36 bits per heavy atom. The lowest BCUT2D eigenvalue weighted by Crippen LogP contribution is -2.51. The minimum atomic E-state index is -0.308. The first-order valence-corrected chi connectivity index (χ1v) is 7.62. The first-order valence-electron chi connectivity index (χ1n) is 7.62. The molecule has 1 aliphatic rings. The SMILES string of the molecule is CC(NC(=O)/C=C/c1cccc(F)c1)C(C)N1CCOCC1. The Balaban J connectivity index is 1.85. The highest BCUT2D eigenvalue weighted by molar-refractivity contribution is 5.91. The van der Waals surface area contributed by atoms with Crippen LogP contribution >= 0.6 is 0 Å². The molecule has 1 N–H and O–H groups in total. The number of benzene rings is 1. The molecular weight excluding hydrogens is 283 g/mol. The quantitative estimate of drug-likeness (QED) is 0.847. The summed E-state index contributed by atoms with van der Waals surface area (Å²) >= 11 is 0. The Morgan fingerprint density at radius 3 is 2.77 bits per heavy atom. The molecule has 1 amide bonds. The number of amides is 1. The summed E-state index contributed by atoms with van der Waals surface area (Å²) in [5.74, 6) is -0.478. The number of halogens is 1. The maximum absolute atomic E-state index is 13.1. The van der Waals surface area contributed by atoms with Gasteiger partial charge in [0, 0.05) is 31.2 Å². The highest BCUT2D eigenvalue weighted by Crippen LogP contribution is 2.08. The molecule has 1 aromatic carbocycles. The van der Waals surface area contributed by atoms with E-state index in [9.17, 15) is 9.18 Å². The molecular formula is C17H23FN2O2. The molecule has 1 saturated heterocycles. The molecule has 1 aromatic rings. The van der Waals surface area contributed by atoms with E-state index >= 15 is 0 Å². The Kier molecular flexibility index (Phi) is 6.10. The van der Waals surface area contributed by atoms with Crippen molar-refractivity contribution < 1.29 is 13.9 Å². The third-order valence-corrected chi connectivity index (χ3v) is 3.99. The van der Waals surface area contributed by atoms with Crippen LogP contribution in [0.3, 0.4) is 0 Å². The van der Waals surface area contributed by atoms with Gasteiger partial charge in [0.25, 0.3) is 0 Å². The van der Waals surface area contributed by atoms with Crippen LogP contribution in [-0.2, 0) is 9.53 Å². The van der Waals surface area contributed by atoms with Crippen molar-refractivity contribution in [2.24, 2.45) is 0 Å². The molecule has 0 aromatic heterocycles. The first-order chi connectivity index (χ1) is 10.6. The Labute approximate surface area is 131 Å². The molecule has 1 heterocycles. The molecule has 1 aliphatic heterocycles. The fraction of sp³-hybridized carbons (Fsp3) is 0.471. The fourth-order valence-corrected chi connectivity index (χ4v) is 2.48. The van der Waals surface area contributed by atoms with E-state index < -0.39 is 0 Å². The molecule has 0 radical (unpaired) electrons. The second-order valence-corrected chi connectivity index (χ2v) is 5.57. The third kappa shape index (κ3) is 4.93. The van der Waals surface area contributed by atoms with E-state index in [4.69, 9.17) is 4.74 Å². The Morgan fingerprint density at radius 2 is 2.09 bits per heavy atom. The maximum Gasteiger partial charge on any atom is 0.244 e. The van der Waals surface area contributed by atoms with E-state index in [2.05, 4.69) is 17.1 Å². The van der Waals surface area contributed by atoms with Gasteiger partial charge in [0.15, 0.2) is 0 Å². The van der Waals surface area contributed by atoms with E-state index in [1.54, 1.807) is 18.2 Å². The van der Waals surface area contributed by atoms with Gasteiger partial charge in [0.05, 0.1) is 13.2 Å². The summed E-state index contributed by atoms with van der Waals surface area (Å²) in [6.07, 6.45) is 3.06. The molecule has 22 heavy (non-hydrogen) atoms. The van der Waals surface area contributed by atoms with Crippen LogP contribution in [0.5, 0.6) is 0 Å². The van der Waals surface area contributed by atoms with Crippen molar-refractivity contribution in [3.05, 3.63) is 41.7 Å². The lowest BCUT2D eigenvalue weighted by molar-refractivity contribution is -0.117. The molecule has 0 aliphatic carbocycles. The monoisotopic (exact) mass is 306 g/mol. The van der Waals surface area contributed by atoms with Crippen LogP contribution in [0.15, 0.2) is 30.3 Å². The molecule has 0 spiro atoms. The summed E-state index contributed by atoms with van der Waals surface area (Å²) in [6.45, 7) is 7.36. The number of rotatable bonds is 5. The van der Waals surface area contributed by atoms with Crippen molar-refractivity contribution in [3.8, 4) is 0 Å². The number of hydrogen-bond acceptors (Lipinski definition) is 3. The van der Waals surface area contributed by atoms with E-state index in [1.807, 2.05) is 6.92 Å². The zero-order valence-corrected chi connectivity index (χ0v) is 13.1. The van der Waals surface area contributed by atoms with Crippen molar-refractivity contribution in [2.75, 3.05) is 26.3 Å². The lowest BCUT2D eigenvalue weighted by Gasteiger charge is -2.35. The molecule has 5 heteroatoms. The number of carbonyl (C=O) groups is 1. The molecule has 1 fully saturated rings. The molecule has 120 valence electrons. The average Bonchev–Trinajstić information content (AvgIpc) is 2.53. The highest BCUT2D eigenvalue weighted by Gasteiger charge is 2.22. The predicted octanol–water partition coefficient (Wildman–Crippen LogP) is 2.06. The van der Waals surface area contributed by atoms with Crippen molar-refractivity contribution in [1.82, 2.24) is 10.2 Å². The summed E-state index contributed by atoms with van der Waals surface area (Å²) in [5, 5.41) is 2.96. The molecule has 0 bridgehead atoms. The third-order valence-electron chi connectivity index (χ3n) is 3.99. The summed E-state index contributed by atoms with van der Waals surface area (Å²) in [5.41, 5.74) is 0.670. The largest absolute Gasteiger partial charge is 0.379 e. The lowest BCUT2D eigenvalue weighted by atomic mass is 10.1. The van der Waals surface area contributed by atoms with Gasteiger partial charge < -0.3 is 10.1 Å². The van der Waals surface area contributed by atoms with Crippen LogP contribution in [-0.4, -0.2) is 49.2 Å². The van der Waals surface area contributed by atoms with E-state index in [1.165, 1.54) is 18.2 Å². The van der Waals surface area contributed by atoms with Gasteiger partial charge in [-0.15, -0.1) is 0 Å². The van der Waals surface area contributed by atoms with Gasteiger partial charge in [-0.05, 0) is 37.6 Å². The Hall–Kier alpha value is -1.72. The topological polar surface area (TPSA) is 41.6 Å². The Bertz CT molecular complexity index is 527. The number of nitrogens with one attached hydrogen (secondary N) is 1. The second-order valence-electron chi connectivity index (χ2n) is 5.57. The smallest absolute Gasteiger partial charge is 0.244 e. The van der Waals surface area contributed by atoms with Crippen molar-refractivity contribution >= 4 is 12.0 Å². The van der Waals surface area contributed by atoms with Crippen LogP contribution < -0.4 is 5.32 Å². The van der Waals surface area contributed by atoms with Gasteiger partial charge in [-0.25, -0.2) is 4.39 Å². The number of nitrogens with zero attached hydrogens (tertiary/aromatic N) is 1.